The van der Waals surface area contributed by atoms with Crippen LogP contribution in [0.2, 0.25) is 0 Å². The maximum absolute atomic E-state index is 13.3. The number of hydrogen-bond donors (Lipinski definition) is 1. The van der Waals surface area contributed by atoms with Crippen LogP contribution in [0.5, 0.6) is 0 Å². The largest absolute Gasteiger partial charge is 0.381 e. The van der Waals surface area contributed by atoms with Crippen LogP contribution in [0.3, 0.4) is 0 Å². The first-order chi connectivity index (χ1) is 13.7. The fourth-order valence-corrected chi connectivity index (χ4v) is 4.12. The summed E-state index contributed by atoms with van der Waals surface area (Å²) >= 11 is 1.96. The van der Waals surface area contributed by atoms with Gasteiger partial charge in [-0.2, -0.15) is 0 Å². The predicted molar refractivity (Wildman–Crippen MR) is 110 cm³/mol. The normalized spacial score (nSPS) is 17.5. The average molecular weight is 401 g/mol. The van der Waals surface area contributed by atoms with E-state index in [0.29, 0.717) is 5.92 Å². The fraction of sp³-hybridized carbons (Fsp3) is 0.364. The van der Waals surface area contributed by atoms with Crippen LogP contribution in [0.25, 0.3) is 5.57 Å². The minimum atomic E-state index is -0.301. The predicted octanol–water partition coefficient (Wildman–Crippen LogP) is 4.44. The van der Waals surface area contributed by atoms with Crippen LogP contribution in [-0.4, -0.2) is 29.9 Å². The molecule has 2 heterocycles. The molecule has 1 aliphatic heterocycles. The summed E-state index contributed by atoms with van der Waals surface area (Å²) < 4.78 is 18.8. The van der Waals surface area contributed by atoms with E-state index in [0.717, 1.165) is 48.1 Å². The zero-order valence-electron chi connectivity index (χ0n) is 15.7. The third-order valence-electron chi connectivity index (χ3n) is 4.66. The van der Waals surface area contributed by atoms with E-state index in [4.69, 9.17) is 9.53 Å². The van der Waals surface area contributed by atoms with Crippen molar-refractivity contribution in [1.29, 1.82) is 0 Å². The summed E-state index contributed by atoms with van der Waals surface area (Å²) in [6, 6.07) is 12.0. The average Bonchev–Trinajstić information content (AvgIpc) is 3.53. The van der Waals surface area contributed by atoms with Gasteiger partial charge >= 0.3 is 0 Å². The molecule has 1 saturated carbocycles. The zero-order valence-corrected chi connectivity index (χ0v) is 16.5. The number of ether oxygens (including phenoxy) is 1. The van der Waals surface area contributed by atoms with Gasteiger partial charge in [-0.3, -0.25) is 9.78 Å². The molecule has 4 nitrogen and oxygen atoms in total. The first-order valence-corrected chi connectivity index (χ1v) is 10.4. The Morgan fingerprint density at radius 3 is 2.36 bits per heavy atom. The Labute approximate surface area is 169 Å². The molecule has 1 saturated heterocycles. The molecule has 1 aromatic heterocycles. The smallest absolute Gasteiger partial charge is 0.204 e. The van der Waals surface area contributed by atoms with Gasteiger partial charge < -0.3 is 10.5 Å². The summed E-state index contributed by atoms with van der Waals surface area (Å²) in [4.78, 5) is 14.2. The lowest BCUT2D eigenvalue weighted by Gasteiger charge is -2.20. The van der Waals surface area contributed by atoms with Crippen LogP contribution in [0.15, 0.2) is 53.6 Å². The minimum Gasteiger partial charge on any atom is -0.381 e. The molecule has 2 N–H and O–H groups in total. The molecule has 28 heavy (non-hydrogen) atoms. The number of halogens is 1. The Bertz CT molecular complexity index is 783. The Balaban J connectivity index is 0.000000706. The Hall–Kier alpha value is -2.18. The molecule has 0 radical (unpaired) electrons. The topological polar surface area (TPSA) is 65.2 Å². The molecule has 0 bridgehead atoms. The van der Waals surface area contributed by atoms with Crippen molar-refractivity contribution in [2.24, 2.45) is 11.7 Å². The number of hydrogen-bond acceptors (Lipinski definition) is 4. The SMILES string of the molecule is Fc1ccc(/C(=C/C2CCOCC2)c2ccc(SC3CC3)cc2)nc1.NC=O. The number of nitrogens with zero attached hydrogens (tertiary/aromatic N) is 1. The van der Waals surface area contributed by atoms with Gasteiger partial charge in [0.1, 0.15) is 5.82 Å². The highest BCUT2D eigenvalue weighted by Gasteiger charge is 2.22. The van der Waals surface area contributed by atoms with E-state index in [-0.39, 0.29) is 12.2 Å². The van der Waals surface area contributed by atoms with Gasteiger partial charge in [0.25, 0.3) is 0 Å². The Morgan fingerprint density at radius 1 is 1.11 bits per heavy atom. The molecular formula is C22H25FN2O2S. The van der Waals surface area contributed by atoms with Crippen molar-refractivity contribution in [2.45, 2.75) is 35.8 Å². The number of aromatic nitrogens is 1. The van der Waals surface area contributed by atoms with Crippen molar-refractivity contribution in [3.05, 3.63) is 65.7 Å². The summed E-state index contributed by atoms with van der Waals surface area (Å²) in [6.07, 6.45) is 8.57. The molecule has 2 fully saturated rings. The standard InChI is InChI=1S/C21H22FNOS.CH3NO/c22-17-3-8-21(23-14-17)20(13-15-9-11-24-12-10-15)16-1-4-18(5-2-16)25-19-6-7-19;2-1-3/h1-5,8,13-15,19H,6-7,9-12H2;1H,(H2,2,3)/b20-13+;. The van der Waals surface area contributed by atoms with Gasteiger partial charge in [0.15, 0.2) is 0 Å². The van der Waals surface area contributed by atoms with Gasteiger partial charge in [-0.25, -0.2) is 4.39 Å². The summed E-state index contributed by atoms with van der Waals surface area (Å²) in [5.74, 6) is 0.182. The molecule has 4 rings (SSSR count). The number of nitrogens with two attached hydrogens (primary N) is 1. The number of pyridine rings is 1. The summed E-state index contributed by atoms with van der Waals surface area (Å²) in [6.45, 7) is 1.62. The second-order valence-electron chi connectivity index (χ2n) is 6.87. The minimum absolute atomic E-state index is 0.250. The number of amides is 1. The van der Waals surface area contributed by atoms with Gasteiger partial charge in [0, 0.05) is 28.9 Å². The van der Waals surface area contributed by atoms with Gasteiger partial charge in [-0.05, 0) is 61.4 Å². The lowest BCUT2D eigenvalue weighted by molar-refractivity contribution is -0.106. The quantitative estimate of drug-likeness (QED) is 0.754. The number of carbonyl (C=O) groups is 1. The molecule has 1 aliphatic carbocycles. The van der Waals surface area contributed by atoms with E-state index in [2.05, 4.69) is 41.1 Å². The molecule has 1 amide bonds. The highest BCUT2D eigenvalue weighted by atomic mass is 32.2. The number of primary amides is 1. The second-order valence-corrected chi connectivity index (χ2v) is 8.24. The molecule has 0 atom stereocenters. The van der Waals surface area contributed by atoms with Crippen molar-refractivity contribution in [3.8, 4) is 0 Å². The van der Waals surface area contributed by atoms with E-state index >= 15 is 0 Å². The van der Waals surface area contributed by atoms with E-state index in [1.165, 1.54) is 30.0 Å². The van der Waals surface area contributed by atoms with Crippen molar-refractivity contribution in [2.75, 3.05) is 13.2 Å². The maximum atomic E-state index is 13.3. The first-order valence-electron chi connectivity index (χ1n) is 9.53. The highest BCUT2D eigenvalue weighted by molar-refractivity contribution is 8.00. The molecular weight excluding hydrogens is 375 g/mol. The van der Waals surface area contributed by atoms with Crippen molar-refractivity contribution >= 4 is 23.7 Å². The molecule has 2 aromatic rings. The molecule has 2 aliphatic rings. The highest BCUT2D eigenvalue weighted by Crippen LogP contribution is 2.39. The fourth-order valence-electron chi connectivity index (χ4n) is 3.07. The van der Waals surface area contributed by atoms with Crippen LogP contribution in [0, 0.1) is 11.7 Å². The number of thioether (sulfide) groups is 1. The van der Waals surface area contributed by atoms with E-state index in [9.17, 15) is 4.39 Å². The number of allylic oxidation sites excluding steroid dienone is 1. The number of benzene rings is 1. The summed E-state index contributed by atoms with van der Waals surface area (Å²) in [5.41, 5.74) is 7.23. The number of carbonyl (C=O) groups excluding carboxylic acids is 1. The van der Waals surface area contributed by atoms with Gasteiger partial charge in [0.05, 0.1) is 11.9 Å². The van der Waals surface area contributed by atoms with Gasteiger partial charge in [0.2, 0.25) is 6.41 Å². The third kappa shape index (κ3) is 6.17. The monoisotopic (exact) mass is 400 g/mol. The van der Waals surface area contributed by atoms with E-state index in [1.54, 1.807) is 6.07 Å². The molecule has 6 heteroatoms. The lowest BCUT2D eigenvalue weighted by Crippen LogP contribution is -2.14. The second kappa shape index (κ2) is 10.4. The van der Waals surface area contributed by atoms with Crippen molar-refractivity contribution < 1.29 is 13.9 Å². The Morgan fingerprint density at radius 2 is 1.79 bits per heavy atom. The lowest BCUT2D eigenvalue weighted by atomic mass is 9.92. The molecule has 0 unspecified atom stereocenters. The van der Waals surface area contributed by atoms with Crippen LogP contribution >= 0.6 is 11.8 Å². The molecule has 0 spiro atoms. The van der Waals surface area contributed by atoms with E-state index in [1.807, 2.05) is 11.8 Å². The van der Waals surface area contributed by atoms with Crippen LogP contribution in [0.1, 0.15) is 36.9 Å². The zero-order chi connectivity index (χ0) is 19.8. The first kappa shape index (κ1) is 20.6. The number of rotatable bonds is 5. The maximum Gasteiger partial charge on any atom is 0.204 e. The summed E-state index contributed by atoms with van der Waals surface area (Å²) in [5, 5.41) is 0.807. The molecule has 148 valence electrons. The van der Waals surface area contributed by atoms with Crippen LogP contribution < -0.4 is 5.73 Å². The van der Waals surface area contributed by atoms with Crippen LogP contribution in [-0.2, 0) is 9.53 Å². The van der Waals surface area contributed by atoms with Crippen molar-refractivity contribution in [1.82, 2.24) is 4.98 Å². The third-order valence-corrected chi connectivity index (χ3v) is 6.01. The van der Waals surface area contributed by atoms with E-state index < -0.39 is 0 Å². The Kier molecular flexibility index (Phi) is 7.62. The van der Waals surface area contributed by atoms with Crippen molar-refractivity contribution in [3.63, 3.8) is 0 Å². The van der Waals surface area contributed by atoms with Crippen LogP contribution in [0.4, 0.5) is 4.39 Å². The van der Waals surface area contributed by atoms with Gasteiger partial charge in [-0.1, -0.05) is 18.2 Å². The van der Waals surface area contributed by atoms with Gasteiger partial charge in [-0.15, -0.1) is 11.8 Å². The summed E-state index contributed by atoms with van der Waals surface area (Å²) in [7, 11) is 0. The molecule has 1 aromatic carbocycles.